The van der Waals surface area contributed by atoms with E-state index in [2.05, 4.69) is 58.3 Å². The Morgan fingerprint density at radius 2 is 1.52 bits per heavy atom. The Hall–Kier alpha value is -2.17. The lowest BCUT2D eigenvalue weighted by molar-refractivity contribution is -0.119. The molecule has 0 unspecified atom stereocenters. The number of hydrogen-bond acceptors (Lipinski definition) is 3. The molecule has 1 amide bonds. The van der Waals surface area contributed by atoms with Crippen molar-refractivity contribution in [1.82, 2.24) is 9.80 Å². The van der Waals surface area contributed by atoms with E-state index in [1.165, 1.54) is 11.1 Å². The largest absolute Gasteiger partial charge is 0.312 e. The topological polar surface area (TPSA) is 26.8 Å². The summed E-state index contributed by atoms with van der Waals surface area (Å²) in [6.45, 7) is 7.02. The van der Waals surface area contributed by atoms with Crippen LogP contribution in [0.25, 0.3) is 0 Å². The summed E-state index contributed by atoms with van der Waals surface area (Å²) >= 11 is 0. The number of aryl methyl sites for hydroxylation is 1. The number of carbonyl (C=O) groups is 1. The smallest absolute Gasteiger partial charge is 0.228 e. The molecule has 0 saturated carbocycles. The first-order valence-corrected chi connectivity index (χ1v) is 10.2. The molecule has 2 aliphatic heterocycles. The molecule has 0 spiro atoms. The van der Waals surface area contributed by atoms with E-state index in [1.807, 2.05) is 11.0 Å². The summed E-state index contributed by atoms with van der Waals surface area (Å²) in [5.74, 6) is 0.272. The van der Waals surface area contributed by atoms with Crippen LogP contribution in [0.15, 0.2) is 54.6 Å². The molecule has 0 radical (unpaired) electrons. The van der Waals surface area contributed by atoms with Gasteiger partial charge in [0.15, 0.2) is 0 Å². The van der Waals surface area contributed by atoms with Crippen LogP contribution in [-0.4, -0.2) is 55.0 Å². The molecule has 2 aromatic carbocycles. The third kappa shape index (κ3) is 4.57. The lowest BCUT2D eigenvalue weighted by atomic mass is 10.0. The van der Waals surface area contributed by atoms with Crippen molar-refractivity contribution in [2.24, 2.45) is 0 Å². The van der Waals surface area contributed by atoms with E-state index in [9.17, 15) is 4.79 Å². The number of rotatable bonds is 5. The molecule has 4 rings (SSSR count). The summed E-state index contributed by atoms with van der Waals surface area (Å²) in [7, 11) is 0. The molecule has 2 aliphatic rings. The fourth-order valence-electron chi connectivity index (χ4n) is 4.19. The minimum Gasteiger partial charge on any atom is -0.312 e. The second-order valence-electron chi connectivity index (χ2n) is 7.63. The van der Waals surface area contributed by atoms with Crippen LogP contribution in [-0.2, 0) is 17.8 Å². The highest BCUT2D eigenvalue weighted by Gasteiger charge is 2.23. The van der Waals surface area contributed by atoms with Crippen molar-refractivity contribution in [1.29, 1.82) is 0 Å². The Morgan fingerprint density at radius 1 is 0.815 bits per heavy atom. The summed E-state index contributed by atoms with van der Waals surface area (Å²) in [5.41, 5.74) is 3.82. The number of benzene rings is 2. The van der Waals surface area contributed by atoms with E-state index in [1.54, 1.807) is 0 Å². The normalized spacial score (nSPS) is 18.3. The van der Waals surface area contributed by atoms with Gasteiger partial charge in [0.2, 0.25) is 5.91 Å². The fraction of sp³-hybridized carbons (Fsp3) is 0.435. The first-order valence-electron chi connectivity index (χ1n) is 10.2. The molecule has 27 heavy (non-hydrogen) atoms. The molecule has 0 bridgehead atoms. The predicted octanol–water partition coefficient (Wildman–Crippen LogP) is 3.17. The van der Waals surface area contributed by atoms with E-state index in [0.29, 0.717) is 6.42 Å². The Labute approximate surface area is 162 Å². The van der Waals surface area contributed by atoms with Crippen molar-refractivity contribution < 1.29 is 4.79 Å². The van der Waals surface area contributed by atoms with E-state index in [-0.39, 0.29) is 5.91 Å². The van der Waals surface area contributed by atoms with Gasteiger partial charge < -0.3 is 9.80 Å². The molecule has 2 aromatic rings. The van der Waals surface area contributed by atoms with Crippen LogP contribution in [0.1, 0.15) is 24.0 Å². The maximum absolute atomic E-state index is 12.8. The van der Waals surface area contributed by atoms with Gasteiger partial charge in [-0.2, -0.15) is 0 Å². The molecule has 4 heteroatoms. The molecule has 4 nitrogen and oxygen atoms in total. The van der Waals surface area contributed by atoms with Crippen molar-refractivity contribution in [3.05, 3.63) is 65.7 Å². The number of anilines is 1. The Balaban J connectivity index is 1.24. The monoisotopic (exact) mass is 363 g/mol. The van der Waals surface area contributed by atoms with Gasteiger partial charge in [-0.05, 0) is 30.0 Å². The average Bonchev–Trinajstić information content (AvgIpc) is 2.73. The van der Waals surface area contributed by atoms with Gasteiger partial charge in [0.25, 0.3) is 0 Å². The van der Waals surface area contributed by atoms with E-state index in [4.69, 9.17) is 0 Å². The number of amides is 1. The van der Waals surface area contributed by atoms with E-state index < -0.39 is 0 Å². The van der Waals surface area contributed by atoms with Gasteiger partial charge >= 0.3 is 0 Å². The van der Waals surface area contributed by atoms with Gasteiger partial charge in [0.05, 0.1) is 0 Å². The number of para-hydroxylation sites is 1. The summed E-state index contributed by atoms with van der Waals surface area (Å²) in [5, 5.41) is 0. The number of hydrogen-bond donors (Lipinski definition) is 0. The SMILES string of the molecule is O=C(CCN1CCN(Cc2ccccc2)CC1)N1CCCc2ccccc21. The molecule has 142 valence electrons. The Bertz CT molecular complexity index is 753. The summed E-state index contributed by atoms with van der Waals surface area (Å²) < 4.78 is 0. The maximum atomic E-state index is 12.8. The van der Waals surface area contributed by atoms with Crippen molar-refractivity contribution in [2.45, 2.75) is 25.8 Å². The highest BCUT2D eigenvalue weighted by molar-refractivity contribution is 5.94. The number of fused-ring (bicyclic) bond motifs is 1. The Morgan fingerprint density at radius 3 is 2.33 bits per heavy atom. The molecular formula is C23H29N3O. The third-order valence-electron chi connectivity index (χ3n) is 5.77. The molecule has 0 N–H and O–H groups in total. The van der Waals surface area contributed by atoms with Gasteiger partial charge in [-0.3, -0.25) is 9.69 Å². The maximum Gasteiger partial charge on any atom is 0.228 e. The zero-order valence-electron chi connectivity index (χ0n) is 16.0. The van der Waals surface area contributed by atoms with Crippen LogP contribution in [0.4, 0.5) is 5.69 Å². The van der Waals surface area contributed by atoms with Gasteiger partial charge in [0, 0.05) is 57.9 Å². The van der Waals surface area contributed by atoms with Crippen molar-refractivity contribution in [3.63, 3.8) is 0 Å². The van der Waals surface area contributed by atoms with Gasteiger partial charge in [-0.15, -0.1) is 0 Å². The number of piperazine rings is 1. The minimum atomic E-state index is 0.272. The standard InChI is InChI=1S/C23H29N3O/c27-23(26-13-6-10-21-9-4-5-11-22(21)26)12-14-24-15-17-25(18-16-24)19-20-7-2-1-3-8-20/h1-5,7-9,11H,6,10,12-19H2. The van der Waals surface area contributed by atoms with Gasteiger partial charge in [-0.25, -0.2) is 0 Å². The van der Waals surface area contributed by atoms with Crippen LogP contribution in [0.5, 0.6) is 0 Å². The molecular weight excluding hydrogens is 334 g/mol. The van der Waals surface area contributed by atoms with Crippen LogP contribution < -0.4 is 4.90 Å². The summed E-state index contributed by atoms with van der Waals surface area (Å²) in [6, 6.07) is 19.0. The predicted molar refractivity (Wildman–Crippen MR) is 110 cm³/mol. The van der Waals surface area contributed by atoms with Crippen molar-refractivity contribution in [3.8, 4) is 0 Å². The number of carbonyl (C=O) groups excluding carboxylic acids is 1. The second-order valence-corrected chi connectivity index (χ2v) is 7.63. The van der Waals surface area contributed by atoms with Crippen LogP contribution in [0.2, 0.25) is 0 Å². The molecule has 0 atom stereocenters. The zero-order chi connectivity index (χ0) is 18.5. The minimum absolute atomic E-state index is 0.272. The first-order chi connectivity index (χ1) is 13.3. The van der Waals surface area contributed by atoms with E-state index >= 15 is 0 Å². The van der Waals surface area contributed by atoms with Gasteiger partial charge in [-0.1, -0.05) is 48.5 Å². The number of nitrogens with zero attached hydrogens (tertiary/aromatic N) is 3. The van der Waals surface area contributed by atoms with Crippen molar-refractivity contribution in [2.75, 3.05) is 44.2 Å². The fourth-order valence-corrected chi connectivity index (χ4v) is 4.19. The lowest BCUT2D eigenvalue weighted by Crippen LogP contribution is -2.47. The second kappa shape index (κ2) is 8.68. The average molecular weight is 364 g/mol. The van der Waals surface area contributed by atoms with Gasteiger partial charge in [0.1, 0.15) is 0 Å². The van der Waals surface area contributed by atoms with Crippen molar-refractivity contribution >= 4 is 11.6 Å². The molecule has 1 fully saturated rings. The quantitative estimate of drug-likeness (QED) is 0.816. The third-order valence-corrected chi connectivity index (χ3v) is 5.77. The highest BCUT2D eigenvalue weighted by atomic mass is 16.2. The van der Waals surface area contributed by atoms with Crippen LogP contribution in [0.3, 0.4) is 0 Å². The summed E-state index contributed by atoms with van der Waals surface area (Å²) in [6.07, 6.45) is 2.78. The van der Waals surface area contributed by atoms with Crippen LogP contribution >= 0.6 is 0 Å². The summed E-state index contributed by atoms with van der Waals surface area (Å²) in [4.78, 5) is 19.8. The van der Waals surface area contributed by atoms with Crippen LogP contribution in [0, 0.1) is 0 Å². The molecule has 0 aromatic heterocycles. The molecule has 1 saturated heterocycles. The first kappa shape index (κ1) is 18.2. The highest BCUT2D eigenvalue weighted by Crippen LogP contribution is 2.27. The van der Waals surface area contributed by atoms with E-state index in [0.717, 1.165) is 64.3 Å². The molecule has 0 aliphatic carbocycles. The lowest BCUT2D eigenvalue weighted by Gasteiger charge is -2.35. The Kier molecular flexibility index (Phi) is 5.85. The molecule has 2 heterocycles. The zero-order valence-corrected chi connectivity index (χ0v) is 16.0.